The third-order valence-electron chi connectivity index (χ3n) is 3.20. The van der Waals surface area contributed by atoms with Crippen LogP contribution in [0.15, 0.2) is 18.2 Å². The molecule has 0 saturated carbocycles. The van der Waals surface area contributed by atoms with Crippen molar-refractivity contribution in [2.45, 2.75) is 6.42 Å². The van der Waals surface area contributed by atoms with Crippen molar-refractivity contribution in [2.75, 3.05) is 48.5 Å². The minimum Gasteiger partial charge on any atom is -0.493 e. The van der Waals surface area contributed by atoms with Crippen LogP contribution in [-0.4, -0.2) is 59.3 Å². The molecular formula is C17H26N2O4. The molecule has 128 valence electrons. The molecule has 1 aromatic carbocycles. The number of hydrogen-bond acceptors (Lipinski definition) is 5. The summed E-state index contributed by atoms with van der Waals surface area (Å²) in [6.45, 7) is 1.59. The Bertz CT molecular complexity index is 516. The van der Waals surface area contributed by atoms with E-state index >= 15 is 0 Å². The fourth-order valence-electron chi connectivity index (χ4n) is 2.04. The van der Waals surface area contributed by atoms with E-state index in [1.807, 2.05) is 14.1 Å². The van der Waals surface area contributed by atoms with Crippen molar-refractivity contribution in [1.29, 1.82) is 0 Å². The molecule has 0 atom stereocenters. The van der Waals surface area contributed by atoms with Gasteiger partial charge in [0.1, 0.15) is 0 Å². The van der Waals surface area contributed by atoms with Crippen molar-refractivity contribution >= 4 is 12.0 Å². The summed E-state index contributed by atoms with van der Waals surface area (Å²) in [5.41, 5.74) is 0.794. The molecule has 0 bridgehead atoms. The maximum absolute atomic E-state index is 11.8. The van der Waals surface area contributed by atoms with E-state index < -0.39 is 0 Å². The minimum absolute atomic E-state index is 0.127. The Morgan fingerprint density at radius 1 is 1.13 bits per heavy atom. The van der Waals surface area contributed by atoms with Gasteiger partial charge in [-0.1, -0.05) is 0 Å². The van der Waals surface area contributed by atoms with Gasteiger partial charge < -0.3 is 24.4 Å². The number of hydrogen-bond donors (Lipinski definition) is 1. The van der Waals surface area contributed by atoms with Crippen molar-refractivity contribution < 1.29 is 19.0 Å². The Balaban J connectivity index is 2.70. The lowest BCUT2D eigenvalue weighted by atomic mass is 10.1. The fourth-order valence-corrected chi connectivity index (χ4v) is 2.04. The lowest BCUT2D eigenvalue weighted by Gasteiger charge is -2.12. The summed E-state index contributed by atoms with van der Waals surface area (Å²) in [6, 6.07) is 3.58. The van der Waals surface area contributed by atoms with Gasteiger partial charge in [0, 0.05) is 12.6 Å². The third kappa shape index (κ3) is 6.20. The predicted octanol–water partition coefficient (Wildman–Crippen LogP) is 1.79. The summed E-state index contributed by atoms with van der Waals surface area (Å²) < 4.78 is 15.8. The van der Waals surface area contributed by atoms with Crippen LogP contribution in [-0.2, 0) is 4.79 Å². The molecule has 0 radical (unpaired) electrons. The normalized spacial score (nSPS) is 10.9. The molecule has 0 aromatic heterocycles. The Labute approximate surface area is 138 Å². The molecule has 0 heterocycles. The van der Waals surface area contributed by atoms with Gasteiger partial charge in [-0.15, -0.1) is 0 Å². The quantitative estimate of drug-likeness (QED) is 0.555. The lowest BCUT2D eigenvalue weighted by Crippen LogP contribution is -2.25. The average molecular weight is 322 g/mol. The number of nitrogens with one attached hydrogen (secondary N) is 1. The molecule has 0 aliphatic heterocycles. The third-order valence-corrected chi connectivity index (χ3v) is 3.20. The first-order chi connectivity index (χ1) is 11.0. The van der Waals surface area contributed by atoms with Crippen LogP contribution in [0.2, 0.25) is 0 Å². The molecule has 1 amide bonds. The number of nitrogens with zero attached hydrogens (tertiary/aromatic N) is 1. The average Bonchev–Trinajstić information content (AvgIpc) is 2.55. The zero-order valence-corrected chi connectivity index (χ0v) is 14.5. The first-order valence-corrected chi connectivity index (χ1v) is 7.42. The molecule has 1 aromatic rings. The minimum atomic E-state index is -0.127. The van der Waals surface area contributed by atoms with Gasteiger partial charge >= 0.3 is 0 Å². The van der Waals surface area contributed by atoms with Crippen molar-refractivity contribution in [3.05, 3.63) is 23.8 Å². The molecule has 6 heteroatoms. The van der Waals surface area contributed by atoms with Gasteiger partial charge in [0.2, 0.25) is 11.7 Å². The van der Waals surface area contributed by atoms with E-state index in [4.69, 9.17) is 14.2 Å². The topological polar surface area (TPSA) is 60.0 Å². The maximum atomic E-state index is 11.8. The van der Waals surface area contributed by atoms with E-state index in [9.17, 15) is 4.79 Å². The van der Waals surface area contributed by atoms with E-state index in [0.29, 0.717) is 23.8 Å². The highest BCUT2D eigenvalue weighted by Gasteiger charge is 2.12. The van der Waals surface area contributed by atoms with Crippen LogP contribution in [0.25, 0.3) is 6.08 Å². The van der Waals surface area contributed by atoms with E-state index in [0.717, 1.165) is 18.5 Å². The highest BCUT2D eigenvalue weighted by molar-refractivity contribution is 5.91. The summed E-state index contributed by atoms with van der Waals surface area (Å²) >= 11 is 0. The van der Waals surface area contributed by atoms with Gasteiger partial charge in [-0.3, -0.25) is 4.79 Å². The Morgan fingerprint density at radius 3 is 2.22 bits per heavy atom. The second-order valence-electron chi connectivity index (χ2n) is 5.24. The van der Waals surface area contributed by atoms with Gasteiger partial charge in [0.25, 0.3) is 0 Å². The molecule has 0 spiro atoms. The Morgan fingerprint density at radius 2 is 1.74 bits per heavy atom. The second-order valence-corrected chi connectivity index (χ2v) is 5.24. The van der Waals surface area contributed by atoms with Crippen LogP contribution >= 0.6 is 0 Å². The monoisotopic (exact) mass is 322 g/mol. The summed E-state index contributed by atoms with van der Waals surface area (Å²) in [5.74, 6) is 1.51. The number of carbonyl (C=O) groups is 1. The fraction of sp³-hybridized carbons (Fsp3) is 0.471. The summed E-state index contributed by atoms with van der Waals surface area (Å²) in [5, 5.41) is 2.85. The summed E-state index contributed by atoms with van der Waals surface area (Å²) in [4.78, 5) is 13.9. The van der Waals surface area contributed by atoms with Gasteiger partial charge in [0.05, 0.1) is 21.3 Å². The molecule has 1 N–H and O–H groups in total. The van der Waals surface area contributed by atoms with E-state index in [1.165, 1.54) is 6.08 Å². The standard InChI is InChI=1S/C17H26N2O4/c1-19(2)10-6-9-18-16(20)8-7-13-11-14(21-3)17(23-5)15(12-13)22-4/h7-8,11-12H,6,9-10H2,1-5H3,(H,18,20). The lowest BCUT2D eigenvalue weighted by molar-refractivity contribution is -0.116. The zero-order chi connectivity index (χ0) is 17.2. The number of benzene rings is 1. The highest BCUT2D eigenvalue weighted by Crippen LogP contribution is 2.38. The predicted molar refractivity (Wildman–Crippen MR) is 91.3 cm³/mol. The largest absolute Gasteiger partial charge is 0.493 e. The smallest absolute Gasteiger partial charge is 0.243 e. The zero-order valence-electron chi connectivity index (χ0n) is 14.5. The van der Waals surface area contributed by atoms with E-state index in [1.54, 1.807) is 39.5 Å². The summed E-state index contributed by atoms with van der Waals surface area (Å²) in [6.07, 6.45) is 4.12. The first kappa shape index (κ1) is 18.8. The second kappa shape index (κ2) is 9.74. The molecule has 1 rings (SSSR count). The molecule has 0 aliphatic rings. The van der Waals surface area contributed by atoms with Crippen LogP contribution < -0.4 is 19.5 Å². The maximum Gasteiger partial charge on any atom is 0.243 e. The molecule has 0 unspecified atom stereocenters. The number of methoxy groups -OCH3 is 3. The van der Waals surface area contributed by atoms with Crippen molar-refractivity contribution in [1.82, 2.24) is 10.2 Å². The van der Waals surface area contributed by atoms with Crippen molar-refractivity contribution in [2.24, 2.45) is 0 Å². The van der Waals surface area contributed by atoms with Gasteiger partial charge in [0.15, 0.2) is 11.5 Å². The van der Waals surface area contributed by atoms with Gasteiger partial charge in [-0.05, 0) is 50.8 Å². The molecule has 6 nitrogen and oxygen atoms in total. The van der Waals surface area contributed by atoms with Crippen LogP contribution in [0.1, 0.15) is 12.0 Å². The van der Waals surface area contributed by atoms with Gasteiger partial charge in [-0.25, -0.2) is 0 Å². The Hall–Kier alpha value is -2.21. The number of carbonyl (C=O) groups excluding carboxylic acids is 1. The summed E-state index contributed by atoms with van der Waals surface area (Å²) in [7, 11) is 8.68. The van der Waals surface area contributed by atoms with Crippen molar-refractivity contribution in [3.8, 4) is 17.2 Å². The van der Waals surface area contributed by atoms with Crippen LogP contribution in [0.3, 0.4) is 0 Å². The van der Waals surface area contributed by atoms with Crippen LogP contribution in [0, 0.1) is 0 Å². The van der Waals surface area contributed by atoms with E-state index in [2.05, 4.69) is 10.2 Å². The van der Waals surface area contributed by atoms with Crippen LogP contribution in [0.4, 0.5) is 0 Å². The molecule has 0 fully saturated rings. The van der Waals surface area contributed by atoms with E-state index in [-0.39, 0.29) is 5.91 Å². The highest BCUT2D eigenvalue weighted by atomic mass is 16.5. The Kier molecular flexibility index (Phi) is 7.97. The molecular weight excluding hydrogens is 296 g/mol. The number of amides is 1. The number of rotatable bonds is 9. The van der Waals surface area contributed by atoms with Gasteiger partial charge in [-0.2, -0.15) is 0 Å². The van der Waals surface area contributed by atoms with Crippen molar-refractivity contribution in [3.63, 3.8) is 0 Å². The SMILES string of the molecule is COc1cc(C=CC(=O)NCCCN(C)C)cc(OC)c1OC. The number of ether oxygens (including phenoxy) is 3. The molecule has 0 saturated heterocycles. The van der Waals surface area contributed by atoms with Crippen LogP contribution in [0.5, 0.6) is 17.2 Å². The molecule has 23 heavy (non-hydrogen) atoms. The first-order valence-electron chi connectivity index (χ1n) is 7.42. The molecule has 0 aliphatic carbocycles.